The molecule has 0 unspecified atom stereocenters. The highest BCUT2D eigenvalue weighted by atomic mass is 35.5. The molecule has 1 aromatic heterocycles. The Hall–Kier alpha value is -1.89. The Morgan fingerprint density at radius 1 is 1.22 bits per heavy atom. The van der Waals surface area contributed by atoms with E-state index in [1.165, 1.54) is 0 Å². The van der Waals surface area contributed by atoms with Crippen LogP contribution in [0.25, 0.3) is 0 Å². The van der Waals surface area contributed by atoms with Crippen molar-refractivity contribution in [1.82, 2.24) is 25.3 Å². The summed E-state index contributed by atoms with van der Waals surface area (Å²) in [4.78, 5) is 14.9. The molecule has 2 heterocycles. The van der Waals surface area contributed by atoms with E-state index in [9.17, 15) is 4.79 Å². The van der Waals surface area contributed by atoms with Gasteiger partial charge in [-0.1, -0.05) is 12.1 Å². The zero-order valence-electron chi connectivity index (χ0n) is 16.2. The minimum atomic E-state index is 0. The molecular formula is C20H30ClN5O. The molecule has 1 aliphatic heterocycles. The van der Waals surface area contributed by atoms with Crippen LogP contribution >= 0.6 is 12.4 Å². The summed E-state index contributed by atoms with van der Waals surface area (Å²) in [5.74, 6) is 0.000489. The largest absolute Gasteiger partial charge is 0.352 e. The first-order chi connectivity index (χ1) is 12.6. The molecule has 3 rings (SSSR count). The van der Waals surface area contributed by atoms with Crippen LogP contribution in [0, 0.1) is 13.8 Å². The number of carbonyl (C=O) groups is 1. The van der Waals surface area contributed by atoms with Gasteiger partial charge in [-0.25, -0.2) is 0 Å². The van der Waals surface area contributed by atoms with Crippen LogP contribution in [0.4, 0.5) is 0 Å². The Morgan fingerprint density at radius 3 is 2.70 bits per heavy atom. The SMILES string of the molecule is Cc1cc(C)n(Cc2cccc(C(=O)NCCCN3CCNCC3)c2)n1.Cl. The van der Waals surface area contributed by atoms with Crippen LogP contribution in [-0.2, 0) is 6.54 Å². The van der Waals surface area contributed by atoms with E-state index in [1.54, 1.807) is 0 Å². The second kappa shape index (κ2) is 10.4. The molecule has 1 saturated heterocycles. The normalized spacial score (nSPS) is 14.6. The molecule has 0 radical (unpaired) electrons. The Kier molecular flexibility index (Phi) is 8.28. The molecule has 2 N–H and O–H groups in total. The lowest BCUT2D eigenvalue weighted by Gasteiger charge is -2.27. The van der Waals surface area contributed by atoms with Crippen molar-refractivity contribution in [3.05, 3.63) is 52.8 Å². The fraction of sp³-hybridized carbons (Fsp3) is 0.500. The standard InChI is InChI=1S/C20H29N5O.ClH/c1-16-13-17(2)25(23-16)15-18-5-3-6-19(14-18)20(26)22-7-4-10-24-11-8-21-9-12-24;/h3,5-6,13-14,21H,4,7-12,15H2,1-2H3,(H,22,26);1H. The van der Waals surface area contributed by atoms with Crippen LogP contribution < -0.4 is 10.6 Å². The van der Waals surface area contributed by atoms with E-state index in [2.05, 4.69) is 33.6 Å². The van der Waals surface area contributed by atoms with Crippen molar-refractivity contribution >= 4 is 18.3 Å². The topological polar surface area (TPSA) is 62.2 Å². The molecule has 0 spiro atoms. The quantitative estimate of drug-likeness (QED) is 0.708. The summed E-state index contributed by atoms with van der Waals surface area (Å²) in [5, 5.41) is 10.9. The smallest absolute Gasteiger partial charge is 0.251 e. The summed E-state index contributed by atoms with van der Waals surface area (Å²) in [6, 6.07) is 9.88. The highest BCUT2D eigenvalue weighted by molar-refractivity contribution is 5.94. The first-order valence-electron chi connectivity index (χ1n) is 9.43. The predicted octanol–water partition coefficient (Wildman–Crippen LogP) is 2.00. The molecule has 1 amide bonds. The molecule has 2 aromatic rings. The number of piperazine rings is 1. The Labute approximate surface area is 167 Å². The lowest BCUT2D eigenvalue weighted by Crippen LogP contribution is -2.44. The summed E-state index contributed by atoms with van der Waals surface area (Å²) < 4.78 is 1.97. The van der Waals surface area contributed by atoms with Crippen molar-refractivity contribution in [2.45, 2.75) is 26.8 Å². The first-order valence-corrected chi connectivity index (χ1v) is 9.43. The molecule has 1 aromatic carbocycles. The number of benzene rings is 1. The van der Waals surface area contributed by atoms with Crippen LogP contribution in [0.1, 0.15) is 33.7 Å². The molecule has 0 aliphatic carbocycles. The number of amides is 1. The monoisotopic (exact) mass is 391 g/mol. The van der Waals surface area contributed by atoms with Gasteiger partial charge in [0.1, 0.15) is 0 Å². The van der Waals surface area contributed by atoms with E-state index >= 15 is 0 Å². The zero-order valence-corrected chi connectivity index (χ0v) is 17.0. The average molecular weight is 392 g/mol. The van der Waals surface area contributed by atoms with Crippen LogP contribution in [-0.4, -0.2) is 59.9 Å². The maximum atomic E-state index is 12.4. The molecule has 0 saturated carbocycles. The third-order valence-electron chi connectivity index (χ3n) is 4.77. The van der Waals surface area contributed by atoms with Gasteiger partial charge < -0.3 is 15.5 Å². The maximum Gasteiger partial charge on any atom is 0.251 e. The average Bonchev–Trinajstić information content (AvgIpc) is 2.96. The number of hydrogen-bond acceptors (Lipinski definition) is 4. The van der Waals surface area contributed by atoms with Gasteiger partial charge in [0, 0.05) is 44.0 Å². The zero-order chi connectivity index (χ0) is 18.4. The number of aromatic nitrogens is 2. The Bertz CT molecular complexity index is 740. The van der Waals surface area contributed by atoms with E-state index in [4.69, 9.17) is 0 Å². The minimum absolute atomic E-state index is 0. The Balaban J connectivity index is 0.00000261. The second-order valence-electron chi connectivity index (χ2n) is 6.99. The van der Waals surface area contributed by atoms with Crippen molar-refractivity contribution in [3.63, 3.8) is 0 Å². The van der Waals surface area contributed by atoms with Gasteiger partial charge in [-0.15, -0.1) is 12.4 Å². The summed E-state index contributed by atoms with van der Waals surface area (Å²) in [5.41, 5.74) is 3.95. The number of nitrogens with zero attached hydrogens (tertiary/aromatic N) is 3. The van der Waals surface area contributed by atoms with Gasteiger partial charge >= 0.3 is 0 Å². The summed E-state index contributed by atoms with van der Waals surface area (Å²) in [6.07, 6.45) is 0.983. The molecule has 1 aliphatic rings. The molecule has 0 bridgehead atoms. The molecule has 6 nitrogen and oxygen atoms in total. The molecule has 0 atom stereocenters. The number of nitrogens with one attached hydrogen (secondary N) is 2. The third kappa shape index (κ3) is 6.34. The van der Waals surface area contributed by atoms with E-state index in [1.807, 2.05) is 35.9 Å². The van der Waals surface area contributed by atoms with Gasteiger partial charge in [-0.05, 0) is 50.6 Å². The first kappa shape index (κ1) is 21.4. The van der Waals surface area contributed by atoms with Crippen LogP contribution in [0.2, 0.25) is 0 Å². The summed E-state index contributed by atoms with van der Waals surface area (Å²) in [7, 11) is 0. The number of halogens is 1. The van der Waals surface area contributed by atoms with Crippen molar-refractivity contribution in [2.75, 3.05) is 39.3 Å². The number of carbonyl (C=O) groups excluding carboxylic acids is 1. The van der Waals surface area contributed by atoms with Gasteiger partial charge in [0.25, 0.3) is 5.91 Å². The predicted molar refractivity (Wildman–Crippen MR) is 111 cm³/mol. The van der Waals surface area contributed by atoms with Crippen LogP contribution in [0.3, 0.4) is 0 Å². The van der Waals surface area contributed by atoms with Crippen molar-refractivity contribution < 1.29 is 4.79 Å². The van der Waals surface area contributed by atoms with Crippen molar-refractivity contribution in [3.8, 4) is 0 Å². The van der Waals surface area contributed by atoms with E-state index in [0.29, 0.717) is 18.7 Å². The lowest BCUT2D eigenvalue weighted by molar-refractivity contribution is 0.0951. The molecule has 27 heavy (non-hydrogen) atoms. The number of aryl methyl sites for hydroxylation is 2. The molecule has 148 valence electrons. The maximum absolute atomic E-state index is 12.4. The molecule has 7 heteroatoms. The van der Waals surface area contributed by atoms with Crippen molar-refractivity contribution in [1.29, 1.82) is 0 Å². The number of rotatable bonds is 7. The molecule has 1 fully saturated rings. The lowest BCUT2D eigenvalue weighted by atomic mass is 10.1. The van der Waals surface area contributed by atoms with Crippen LogP contribution in [0.15, 0.2) is 30.3 Å². The van der Waals surface area contributed by atoms with Gasteiger partial charge in [-0.3, -0.25) is 9.48 Å². The van der Waals surface area contributed by atoms with E-state index < -0.39 is 0 Å². The van der Waals surface area contributed by atoms with E-state index in [0.717, 1.165) is 56.1 Å². The second-order valence-corrected chi connectivity index (χ2v) is 6.99. The van der Waals surface area contributed by atoms with Gasteiger partial charge in [0.15, 0.2) is 0 Å². The van der Waals surface area contributed by atoms with Crippen LogP contribution in [0.5, 0.6) is 0 Å². The van der Waals surface area contributed by atoms with Crippen molar-refractivity contribution in [2.24, 2.45) is 0 Å². The fourth-order valence-electron chi connectivity index (χ4n) is 3.36. The summed E-state index contributed by atoms with van der Waals surface area (Å²) >= 11 is 0. The fourth-order valence-corrected chi connectivity index (χ4v) is 3.36. The van der Waals surface area contributed by atoms with Gasteiger partial charge in [0.2, 0.25) is 0 Å². The number of hydrogen-bond donors (Lipinski definition) is 2. The third-order valence-corrected chi connectivity index (χ3v) is 4.77. The molecular weight excluding hydrogens is 362 g/mol. The van der Waals surface area contributed by atoms with E-state index in [-0.39, 0.29) is 18.3 Å². The highest BCUT2D eigenvalue weighted by Gasteiger charge is 2.10. The Morgan fingerprint density at radius 2 is 2.00 bits per heavy atom. The minimum Gasteiger partial charge on any atom is -0.352 e. The highest BCUT2D eigenvalue weighted by Crippen LogP contribution is 2.10. The van der Waals surface area contributed by atoms with Gasteiger partial charge in [-0.2, -0.15) is 5.10 Å². The summed E-state index contributed by atoms with van der Waals surface area (Å²) in [6.45, 7) is 10.8. The van der Waals surface area contributed by atoms with Gasteiger partial charge in [0.05, 0.1) is 12.2 Å².